The fraction of sp³-hybridized carbons (Fsp3) is 0.500. The Hall–Kier alpha value is -1.68. The molecule has 1 atom stereocenters. The van der Waals surface area contributed by atoms with Crippen LogP contribution in [0, 0.1) is 0 Å². The third-order valence-corrected chi connectivity index (χ3v) is 9.67. The summed E-state index contributed by atoms with van der Waals surface area (Å²) in [7, 11) is -3.77. The first kappa shape index (κ1) is 27.9. The number of rotatable bonds is 11. The minimum Gasteiger partial charge on any atom is -0.465 e. The van der Waals surface area contributed by atoms with Crippen molar-refractivity contribution >= 4 is 50.9 Å². The molecule has 9 heteroatoms. The van der Waals surface area contributed by atoms with E-state index in [1.54, 1.807) is 24.8 Å². The summed E-state index contributed by atoms with van der Waals surface area (Å²) in [4.78, 5) is 15.3. The van der Waals surface area contributed by atoms with Crippen molar-refractivity contribution in [2.24, 2.45) is 0 Å². The van der Waals surface area contributed by atoms with Crippen molar-refractivity contribution in [3.05, 3.63) is 48.0 Å². The van der Waals surface area contributed by atoms with Crippen molar-refractivity contribution in [2.75, 3.05) is 30.1 Å². The molecular weight excluding hydrogens is 500 g/mol. The molecule has 0 amide bonds. The number of fused-ring (bicyclic) bond motifs is 1. The quantitative estimate of drug-likeness (QED) is 0.280. The van der Waals surface area contributed by atoms with Crippen LogP contribution < -0.4 is 9.62 Å². The molecule has 35 heavy (non-hydrogen) atoms. The van der Waals surface area contributed by atoms with E-state index in [-0.39, 0.29) is 16.6 Å². The van der Waals surface area contributed by atoms with Crippen LogP contribution in [0.3, 0.4) is 0 Å². The topological polar surface area (TPSA) is 75.7 Å². The Balaban J connectivity index is 2.10. The Kier molecular flexibility index (Phi) is 9.98. The number of hydrogen-bond acceptors (Lipinski definition) is 7. The second-order valence-electron chi connectivity index (χ2n) is 8.69. The summed E-state index contributed by atoms with van der Waals surface area (Å²) >= 11 is 3.03. The highest BCUT2D eigenvalue weighted by atomic mass is 32.2. The smallest absolute Gasteiger partial charge is 0.315 e. The third-order valence-electron chi connectivity index (χ3n) is 6.29. The minimum atomic E-state index is -3.77. The average molecular weight is 537 g/mol. The van der Waals surface area contributed by atoms with Crippen LogP contribution in [0.5, 0.6) is 0 Å². The molecule has 1 aliphatic heterocycles. The standard InChI is InChI=1S/C26H36N2O4S3/c1-5-8-14-26(6-2)19-28(21-12-10-9-11-13-21)22-16-23(33-4)20(15-24(22)35(30,31)27-26)17-34-18-25(29)32-7-3/h9-13,15-16,27H,5-8,14,17-19H2,1-4H3. The second-order valence-corrected chi connectivity index (χ2v) is 12.2. The number of nitrogens with one attached hydrogen (secondary N) is 1. The number of hydrogen-bond donors (Lipinski definition) is 1. The summed E-state index contributed by atoms with van der Waals surface area (Å²) in [6.45, 7) is 6.88. The van der Waals surface area contributed by atoms with Crippen LogP contribution in [0.1, 0.15) is 52.0 Å². The molecule has 1 N–H and O–H groups in total. The molecule has 1 unspecified atom stereocenters. The zero-order valence-electron chi connectivity index (χ0n) is 21.0. The van der Waals surface area contributed by atoms with Crippen molar-refractivity contribution < 1.29 is 17.9 Å². The van der Waals surface area contributed by atoms with E-state index in [0.29, 0.717) is 31.0 Å². The number of carbonyl (C=O) groups excluding carboxylic acids is 1. The Morgan fingerprint density at radius 1 is 1.17 bits per heavy atom. The fourth-order valence-corrected chi connectivity index (χ4v) is 7.63. The van der Waals surface area contributed by atoms with Gasteiger partial charge in [0.25, 0.3) is 0 Å². The van der Waals surface area contributed by atoms with Gasteiger partial charge in [-0.25, -0.2) is 13.1 Å². The van der Waals surface area contributed by atoms with Gasteiger partial charge >= 0.3 is 5.97 Å². The van der Waals surface area contributed by atoms with Crippen molar-refractivity contribution in [2.45, 2.75) is 67.5 Å². The number of unbranched alkanes of at least 4 members (excludes halogenated alkanes) is 1. The molecule has 1 heterocycles. The van der Waals surface area contributed by atoms with Gasteiger partial charge in [-0.05, 0) is 55.9 Å². The molecule has 0 radical (unpaired) electrons. The van der Waals surface area contributed by atoms with Crippen molar-refractivity contribution in [3.8, 4) is 0 Å². The Morgan fingerprint density at radius 3 is 2.54 bits per heavy atom. The van der Waals surface area contributed by atoms with E-state index in [4.69, 9.17) is 4.74 Å². The van der Waals surface area contributed by atoms with Crippen LogP contribution in [0.15, 0.2) is 52.3 Å². The number of sulfonamides is 1. The molecule has 1 aliphatic rings. The molecule has 0 saturated carbocycles. The number of thioether (sulfide) groups is 2. The lowest BCUT2D eigenvalue weighted by molar-refractivity contribution is -0.139. The number of benzene rings is 2. The summed E-state index contributed by atoms with van der Waals surface area (Å²) in [5.74, 6) is 0.499. The maximum absolute atomic E-state index is 13.8. The summed E-state index contributed by atoms with van der Waals surface area (Å²) in [6.07, 6.45) is 5.41. The maximum atomic E-state index is 13.8. The predicted molar refractivity (Wildman–Crippen MR) is 147 cm³/mol. The van der Waals surface area contributed by atoms with Crippen molar-refractivity contribution in [1.82, 2.24) is 4.72 Å². The molecule has 6 nitrogen and oxygen atoms in total. The molecule has 2 aromatic carbocycles. The van der Waals surface area contributed by atoms with Gasteiger partial charge < -0.3 is 9.64 Å². The summed E-state index contributed by atoms with van der Waals surface area (Å²) in [5, 5.41) is 0. The molecule has 2 aromatic rings. The van der Waals surface area contributed by atoms with E-state index in [1.165, 1.54) is 11.8 Å². The lowest BCUT2D eigenvalue weighted by Gasteiger charge is -2.36. The third kappa shape index (κ3) is 6.76. The van der Waals surface area contributed by atoms with Gasteiger partial charge in [0, 0.05) is 22.9 Å². The Labute approximate surface area is 218 Å². The molecule has 192 valence electrons. The van der Waals surface area contributed by atoms with Crippen LogP contribution >= 0.6 is 23.5 Å². The highest BCUT2D eigenvalue weighted by Gasteiger charge is 2.41. The zero-order chi connectivity index (χ0) is 25.5. The number of para-hydroxylation sites is 1. The molecule has 0 spiro atoms. The van der Waals surface area contributed by atoms with Gasteiger partial charge in [0.05, 0.1) is 23.6 Å². The highest BCUT2D eigenvalue weighted by molar-refractivity contribution is 7.99. The lowest BCUT2D eigenvalue weighted by Crippen LogP contribution is -2.52. The van der Waals surface area contributed by atoms with Crippen molar-refractivity contribution in [3.63, 3.8) is 0 Å². The lowest BCUT2D eigenvalue weighted by atomic mass is 9.89. The van der Waals surface area contributed by atoms with E-state index >= 15 is 0 Å². The van der Waals surface area contributed by atoms with Crippen LogP contribution in [0.25, 0.3) is 0 Å². The van der Waals surface area contributed by atoms with Crippen LogP contribution in [0.2, 0.25) is 0 Å². The number of anilines is 2. The largest absolute Gasteiger partial charge is 0.465 e. The molecule has 0 aromatic heterocycles. The number of nitrogens with zero attached hydrogens (tertiary/aromatic N) is 1. The van der Waals surface area contributed by atoms with Gasteiger partial charge in [-0.2, -0.15) is 0 Å². The minimum absolute atomic E-state index is 0.232. The normalized spacial score (nSPS) is 19.1. The summed E-state index contributed by atoms with van der Waals surface area (Å²) in [5.41, 5.74) is 2.00. The number of carbonyl (C=O) groups is 1. The fourth-order valence-electron chi connectivity index (χ4n) is 4.37. The molecule has 3 rings (SSSR count). The number of ether oxygens (including phenoxy) is 1. The predicted octanol–water partition coefficient (Wildman–Crippen LogP) is 5.97. The van der Waals surface area contributed by atoms with Crippen LogP contribution in [0.4, 0.5) is 11.4 Å². The van der Waals surface area contributed by atoms with Gasteiger partial charge in [0.15, 0.2) is 0 Å². The first-order chi connectivity index (χ1) is 16.8. The van der Waals surface area contributed by atoms with Gasteiger partial charge in [0.1, 0.15) is 4.90 Å². The molecule has 0 fully saturated rings. The Morgan fingerprint density at radius 2 is 1.91 bits per heavy atom. The van der Waals surface area contributed by atoms with Crippen LogP contribution in [-0.2, 0) is 25.3 Å². The van der Waals surface area contributed by atoms with E-state index in [1.807, 2.05) is 42.7 Å². The Bertz CT molecular complexity index is 1110. The van der Waals surface area contributed by atoms with Gasteiger partial charge in [-0.3, -0.25) is 4.79 Å². The highest BCUT2D eigenvalue weighted by Crippen LogP contribution is 2.42. The molecule has 0 aliphatic carbocycles. The molecule has 0 bridgehead atoms. The molecule has 0 saturated heterocycles. The van der Waals surface area contributed by atoms with Crippen molar-refractivity contribution in [1.29, 1.82) is 0 Å². The average Bonchev–Trinajstić information content (AvgIpc) is 2.95. The summed E-state index contributed by atoms with van der Waals surface area (Å²) < 4.78 is 35.7. The van der Waals surface area contributed by atoms with Gasteiger partial charge in [-0.15, -0.1) is 23.5 Å². The van der Waals surface area contributed by atoms with E-state index < -0.39 is 15.6 Å². The first-order valence-corrected chi connectivity index (χ1v) is 16.0. The zero-order valence-corrected chi connectivity index (χ0v) is 23.5. The second kappa shape index (κ2) is 12.5. The van der Waals surface area contributed by atoms with E-state index in [0.717, 1.165) is 35.4 Å². The van der Waals surface area contributed by atoms with Crippen LogP contribution in [-0.4, -0.2) is 45.1 Å². The monoisotopic (exact) mass is 536 g/mol. The first-order valence-electron chi connectivity index (χ1n) is 12.1. The van der Waals surface area contributed by atoms with E-state index in [9.17, 15) is 13.2 Å². The van der Waals surface area contributed by atoms with Gasteiger partial charge in [-0.1, -0.05) is 44.9 Å². The molecular formula is C26H36N2O4S3. The SMILES string of the molecule is CCCCC1(CC)CN(c2ccccc2)c2cc(SC)c(CSCC(=O)OCC)cc2S(=O)(=O)N1. The summed E-state index contributed by atoms with van der Waals surface area (Å²) in [6, 6.07) is 13.8. The number of esters is 1. The van der Waals surface area contributed by atoms with E-state index in [2.05, 4.69) is 23.5 Å². The van der Waals surface area contributed by atoms with Gasteiger partial charge in [0.2, 0.25) is 10.0 Å². The maximum Gasteiger partial charge on any atom is 0.315 e.